The molecule has 9 heteroatoms. The summed E-state index contributed by atoms with van der Waals surface area (Å²) in [5.41, 5.74) is -0.144. The number of amides is 1. The SMILES string of the molecule is Cc1nc(-c2ccco2)sc1CNC(=O)CCn1ccc(=O)[nH]c1=O. The van der Waals surface area contributed by atoms with Crippen LogP contribution in [0, 0.1) is 6.92 Å². The Morgan fingerprint density at radius 1 is 1.40 bits per heavy atom. The number of rotatable bonds is 6. The lowest BCUT2D eigenvalue weighted by atomic mass is 10.3. The Kier molecular flexibility index (Phi) is 4.94. The minimum atomic E-state index is -0.526. The van der Waals surface area contributed by atoms with E-state index in [2.05, 4.69) is 15.3 Å². The topological polar surface area (TPSA) is 110 Å². The molecule has 8 nitrogen and oxygen atoms in total. The summed E-state index contributed by atoms with van der Waals surface area (Å²) in [6.07, 6.45) is 3.10. The number of aromatic amines is 1. The van der Waals surface area contributed by atoms with Gasteiger partial charge in [0, 0.05) is 30.1 Å². The fraction of sp³-hybridized carbons (Fsp3) is 0.250. The van der Waals surface area contributed by atoms with Gasteiger partial charge in [0.15, 0.2) is 10.8 Å². The van der Waals surface area contributed by atoms with Gasteiger partial charge in [-0.2, -0.15) is 0 Å². The second kappa shape index (κ2) is 7.31. The van der Waals surface area contributed by atoms with E-state index in [0.29, 0.717) is 12.3 Å². The molecule has 130 valence electrons. The molecule has 3 aromatic rings. The van der Waals surface area contributed by atoms with Crippen LogP contribution < -0.4 is 16.6 Å². The predicted molar refractivity (Wildman–Crippen MR) is 92.3 cm³/mol. The van der Waals surface area contributed by atoms with Crippen molar-refractivity contribution in [2.75, 3.05) is 0 Å². The molecule has 0 spiro atoms. The zero-order valence-electron chi connectivity index (χ0n) is 13.4. The van der Waals surface area contributed by atoms with Gasteiger partial charge in [0.25, 0.3) is 5.56 Å². The van der Waals surface area contributed by atoms with Crippen LogP contribution in [-0.4, -0.2) is 20.4 Å². The fourth-order valence-corrected chi connectivity index (χ4v) is 3.18. The van der Waals surface area contributed by atoms with Gasteiger partial charge in [-0.3, -0.25) is 14.6 Å². The number of aromatic nitrogens is 3. The molecule has 0 aliphatic carbocycles. The molecule has 0 aromatic carbocycles. The maximum absolute atomic E-state index is 12.0. The highest BCUT2D eigenvalue weighted by molar-refractivity contribution is 7.15. The highest BCUT2D eigenvalue weighted by Gasteiger charge is 2.12. The van der Waals surface area contributed by atoms with Crippen molar-refractivity contribution in [2.24, 2.45) is 0 Å². The monoisotopic (exact) mass is 360 g/mol. The summed E-state index contributed by atoms with van der Waals surface area (Å²) in [6.45, 7) is 2.44. The molecular formula is C16H16N4O4S. The van der Waals surface area contributed by atoms with Crippen molar-refractivity contribution in [2.45, 2.75) is 26.4 Å². The number of furan rings is 1. The van der Waals surface area contributed by atoms with Crippen molar-refractivity contribution in [3.8, 4) is 10.8 Å². The van der Waals surface area contributed by atoms with Crippen molar-refractivity contribution in [3.63, 3.8) is 0 Å². The Bertz CT molecular complexity index is 984. The van der Waals surface area contributed by atoms with Gasteiger partial charge in [-0.05, 0) is 19.1 Å². The number of nitrogens with zero attached hydrogens (tertiary/aromatic N) is 2. The Hall–Kier alpha value is -2.94. The van der Waals surface area contributed by atoms with Crippen LogP contribution in [0.15, 0.2) is 44.7 Å². The van der Waals surface area contributed by atoms with Crippen molar-refractivity contribution in [1.82, 2.24) is 19.9 Å². The van der Waals surface area contributed by atoms with E-state index in [1.807, 2.05) is 13.0 Å². The minimum Gasteiger partial charge on any atom is -0.462 e. The summed E-state index contributed by atoms with van der Waals surface area (Å²) in [5.74, 6) is 0.508. The molecule has 0 aliphatic rings. The molecule has 0 bridgehead atoms. The Morgan fingerprint density at radius 2 is 2.24 bits per heavy atom. The van der Waals surface area contributed by atoms with E-state index in [0.717, 1.165) is 15.6 Å². The Labute approximate surface area is 146 Å². The Morgan fingerprint density at radius 3 is 2.96 bits per heavy atom. The highest BCUT2D eigenvalue weighted by Crippen LogP contribution is 2.27. The molecular weight excluding hydrogens is 344 g/mol. The second-order valence-electron chi connectivity index (χ2n) is 5.34. The van der Waals surface area contributed by atoms with Gasteiger partial charge in [0.05, 0.1) is 18.5 Å². The molecule has 25 heavy (non-hydrogen) atoms. The summed E-state index contributed by atoms with van der Waals surface area (Å²) in [7, 11) is 0. The van der Waals surface area contributed by atoms with Crippen LogP contribution in [0.4, 0.5) is 0 Å². The lowest BCUT2D eigenvalue weighted by Gasteiger charge is -2.06. The van der Waals surface area contributed by atoms with Gasteiger partial charge in [0.1, 0.15) is 0 Å². The summed E-state index contributed by atoms with van der Waals surface area (Å²) in [5, 5.41) is 3.58. The maximum atomic E-state index is 12.0. The van der Waals surface area contributed by atoms with Gasteiger partial charge in [-0.1, -0.05) is 0 Å². The molecule has 0 unspecified atom stereocenters. The number of H-pyrrole nitrogens is 1. The molecule has 0 saturated carbocycles. The minimum absolute atomic E-state index is 0.134. The molecule has 0 saturated heterocycles. The third-order valence-electron chi connectivity index (χ3n) is 3.55. The van der Waals surface area contributed by atoms with E-state index in [1.165, 1.54) is 28.2 Å². The van der Waals surface area contributed by atoms with E-state index >= 15 is 0 Å². The lowest BCUT2D eigenvalue weighted by Crippen LogP contribution is -2.31. The molecule has 0 fully saturated rings. The molecule has 0 atom stereocenters. The van der Waals surface area contributed by atoms with Gasteiger partial charge in [0.2, 0.25) is 5.91 Å². The molecule has 2 N–H and O–H groups in total. The third-order valence-corrected chi connectivity index (χ3v) is 4.72. The summed E-state index contributed by atoms with van der Waals surface area (Å²) >= 11 is 1.46. The van der Waals surface area contributed by atoms with Crippen molar-refractivity contribution >= 4 is 17.2 Å². The van der Waals surface area contributed by atoms with Crippen LogP contribution >= 0.6 is 11.3 Å². The summed E-state index contributed by atoms with van der Waals surface area (Å²) < 4.78 is 6.61. The number of hydrogen-bond acceptors (Lipinski definition) is 6. The molecule has 0 radical (unpaired) electrons. The first-order valence-electron chi connectivity index (χ1n) is 7.59. The van der Waals surface area contributed by atoms with Gasteiger partial charge in [-0.25, -0.2) is 9.78 Å². The second-order valence-corrected chi connectivity index (χ2v) is 6.42. The zero-order valence-corrected chi connectivity index (χ0v) is 14.3. The van der Waals surface area contributed by atoms with E-state index in [1.54, 1.807) is 12.3 Å². The average Bonchev–Trinajstić information content (AvgIpc) is 3.21. The number of carbonyl (C=O) groups excluding carboxylic acids is 1. The molecule has 1 amide bonds. The van der Waals surface area contributed by atoms with Gasteiger partial charge >= 0.3 is 5.69 Å². The first-order valence-corrected chi connectivity index (χ1v) is 8.41. The van der Waals surface area contributed by atoms with Crippen LogP contribution in [0.1, 0.15) is 17.0 Å². The fourth-order valence-electron chi connectivity index (χ4n) is 2.21. The lowest BCUT2D eigenvalue weighted by molar-refractivity contribution is -0.121. The average molecular weight is 360 g/mol. The van der Waals surface area contributed by atoms with E-state index in [4.69, 9.17) is 4.42 Å². The van der Waals surface area contributed by atoms with Crippen molar-refractivity contribution in [1.29, 1.82) is 0 Å². The van der Waals surface area contributed by atoms with Crippen LogP contribution in [0.3, 0.4) is 0 Å². The number of thiazole rings is 1. The van der Waals surface area contributed by atoms with Crippen LogP contribution in [0.2, 0.25) is 0 Å². The van der Waals surface area contributed by atoms with Gasteiger partial charge < -0.3 is 14.3 Å². The van der Waals surface area contributed by atoms with Crippen molar-refractivity contribution in [3.05, 3.63) is 62.1 Å². The molecule has 3 rings (SSSR count). The Balaban J connectivity index is 1.56. The first-order chi connectivity index (χ1) is 12.0. The van der Waals surface area contributed by atoms with Crippen LogP contribution in [-0.2, 0) is 17.9 Å². The number of hydrogen-bond donors (Lipinski definition) is 2. The van der Waals surface area contributed by atoms with Crippen LogP contribution in [0.25, 0.3) is 10.8 Å². The molecule has 3 heterocycles. The van der Waals surface area contributed by atoms with Crippen LogP contribution in [0.5, 0.6) is 0 Å². The highest BCUT2D eigenvalue weighted by atomic mass is 32.1. The zero-order chi connectivity index (χ0) is 17.8. The first kappa shape index (κ1) is 16.9. The smallest absolute Gasteiger partial charge is 0.328 e. The molecule has 3 aromatic heterocycles. The van der Waals surface area contributed by atoms with E-state index < -0.39 is 11.2 Å². The van der Waals surface area contributed by atoms with Gasteiger partial charge in [-0.15, -0.1) is 11.3 Å². The standard InChI is InChI=1S/C16H16N4O4S/c1-10-12(25-15(18-10)11-3-2-8-24-11)9-17-13(21)4-6-20-7-5-14(22)19-16(20)23/h2-3,5,7-8H,4,6,9H2,1H3,(H,17,21)(H,19,22,23). The summed E-state index contributed by atoms with van der Waals surface area (Å²) in [6, 6.07) is 4.88. The normalized spacial score (nSPS) is 10.8. The maximum Gasteiger partial charge on any atom is 0.328 e. The van der Waals surface area contributed by atoms with E-state index in [9.17, 15) is 14.4 Å². The predicted octanol–water partition coefficient (Wildman–Crippen LogP) is 1.27. The molecule has 0 aliphatic heterocycles. The number of carbonyl (C=O) groups is 1. The third kappa shape index (κ3) is 4.13. The quantitative estimate of drug-likeness (QED) is 0.688. The number of nitrogens with one attached hydrogen (secondary N) is 2. The largest absolute Gasteiger partial charge is 0.462 e. The van der Waals surface area contributed by atoms with E-state index in [-0.39, 0.29) is 18.9 Å². The van der Waals surface area contributed by atoms with Crippen molar-refractivity contribution < 1.29 is 9.21 Å². The summed E-state index contributed by atoms with van der Waals surface area (Å²) in [4.78, 5) is 42.1. The number of aryl methyl sites for hydroxylation is 2.